The molecule has 2 N–H and O–H groups in total. The Balaban J connectivity index is 1.59. The van der Waals surface area contributed by atoms with Crippen LogP contribution in [0.4, 0.5) is 4.79 Å². The van der Waals surface area contributed by atoms with Crippen LogP contribution in [0.15, 0.2) is 24.3 Å². The summed E-state index contributed by atoms with van der Waals surface area (Å²) in [6.45, 7) is 1.40. The summed E-state index contributed by atoms with van der Waals surface area (Å²) in [6.07, 6.45) is 3.80. The average Bonchev–Trinajstić information content (AvgIpc) is 3.04. The minimum atomic E-state index is -0.820. The zero-order chi connectivity index (χ0) is 17.2. The second kappa shape index (κ2) is 6.71. The minimum absolute atomic E-state index is 0.00610. The van der Waals surface area contributed by atoms with Gasteiger partial charge in [-0.1, -0.05) is 18.6 Å². The predicted molar refractivity (Wildman–Crippen MR) is 89.2 cm³/mol. The van der Waals surface area contributed by atoms with Crippen molar-refractivity contribution in [2.75, 3.05) is 26.7 Å². The Kier molecular flexibility index (Phi) is 4.64. The number of likely N-dealkylation sites (tertiary alicyclic amines) is 1. The van der Waals surface area contributed by atoms with E-state index in [2.05, 4.69) is 17.4 Å². The van der Waals surface area contributed by atoms with Gasteiger partial charge in [-0.15, -0.1) is 0 Å². The molecule has 2 aliphatic rings. The zero-order valence-corrected chi connectivity index (χ0v) is 14.0. The van der Waals surface area contributed by atoms with Gasteiger partial charge < -0.3 is 20.1 Å². The molecule has 6 heteroatoms. The first kappa shape index (κ1) is 16.6. The standard InChI is InChI=1S/C18H24N2O4/c1-24-15-5-3-14(4-6-15)18(8-2-9-18)12-19-17(23)20-10-7-13(11-20)16(21)22/h3-6,13H,2,7-12H2,1H3,(H,19,23)(H,21,22). The molecule has 2 amide bonds. The Hall–Kier alpha value is -2.24. The van der Waals surface area contributed by atoms with E-state index in [4.69, 9.17) is 9.84 Å². The number of carboxylic acid groups (broad SMARTS) is 1. The molecule has 1 atom stereocenters. The van der Waals surface area contributed by atoms with Crippen molar-refractivity contribution in [1.29, 1.82) is 0 Å². The van der Waals surface area contributed by atoms with Crippen LogP contribution in [-0.4, -0.2) is 48.8 Å². The number of rotatable bonds is 5. The topological polar surface area (TPSA) is 78.9 Å². The van der Waals surface area contributed by atoms with E-state index in [0.29, 0.717) is 26.1 Å². The third-order valence-corrected chi connectivity index (χ3v) is 5.42. The summed E-state index contributed by atoms with van der Waals surface area (Å²) in [6, 6.07) is 7.89. The Bertz CT molecular complexity index is 610. The van der Waals surface area contributed by atoms with Gasteiger partial charge in [0.15, 0.2) is 0 Å². The van der Waals surface area contributed by atoms with E-state index in [1.165, 1.54) is 5.56 Å². The zero-order valence-electron chi connectivity index (χ0n) is 14.0. The number of hydrogen-bond acceptors (Lipinski definition) is 3. The number of nitrogens with one attached hydrogen (secondary N) is 1. The van der Waals surface area contributed by atoms with Crippen LogP contribution in [0, 0.1) is 5.92 Å². The fourth-order valence-corrected chi connectivity index (χ4v) is 3.62. The second-order valence-electron chi connectivity index (χ2n) is 6.79. The molecular weight excluding hydrogens is 308 g/mol. The minimum Gasteiger partial charge on any atom is -0.497 e. The van der Waals surface area contributed by atoms with E-state index in [1.54, 1.807) is 12.0 Å². The first-order valence-electron chi connectivity index (χ1n) is 8.44. The van der Waals surface area contributed by atoms with Gasteiger partial charge in [0.2, 0.25) is 0 Å². The fraction of sp³-hybridized carbons (Fsp3) is 0.556. The maximum atomic E-state index is 12.3. The van der Waals surface area contributed by atoms with Crippen molar-refractivity contribution in [2.45, 2.75) is 31.1 Å². The molecule has 24 heavy (non-hydrogen) atoms. The Morgan fingerprint density at radius 3 is 2.54 bits per heavy atom. The quantitative estimate of drug-likeness (QED) is 0.867. The van der Waals surface area contributed by atoms with Crippen LogP contribution in [0.5, 0.6) is 5.75 Å². The number of benzene rings is 1. The largest absolute Gasteiger partial charge is 0.497 e. The van der Waals surface area contributed by atoms with Gasteiger partial charge in [-0.3, -0.25) is 4.79 Å². The number of urea groups is 1. The summed E-state index contributed by atoms with van der Waals surface area (Å²) < 4.78 is 5.20. The summed E-state index contributed by atoms with van der Waals surface area (Å²) in [5, 5.41) is 12.1. The normalized spacial score (nSPS) is 21.9. The van der Waals surface area contributed by atoms with E-state index in [-0.39, 0.29) is 11.4 Å². The molecule has 0 bridgehead atoms. The maximum Gasteiger partial charge on any atom is 0.317 e. The molecule has 1 saturated carbocycles. The Labute approximate surface area is 141 Å². The van der Waals surface area contributed by atoms with Crippen molar-refractivity contribution in [2.24, 2.45) is 5.92 Å². The lowest BCUT2D eigenvalue weighted by atomic mass is 9.64. The van der Waals surface area contributed by atoms with Gasteiger partial charge in [0.25, 0.3) is 0 Å². The number of carbonyl (C=O) groups is 2. The molecule has 1 aliphatic heterocycles. The third-order valence-electron chi connectivity index (χ3n) is 5.42. The molecule has 0 spiro atoms. The van der Waals surface area contributed by atoms with Gasteiger partial charge in [-0.05, 0) is 37.0 Å². The van der Waals surface area contributed by atoms with Crippen LogP contribution < -0.4 is 10.1 Å². The molecule has 1 aromatic carbocycles. The number of carbonyl (C=O) groups excluding carboxylic acids is 1. The van der Waals surface area contributed by atoms with Crippen LogP contribution >= 0.6 is 0 Å². The van der Waals surface area contributed by atoms with Crippen LogP contribution in [-0.2, 0) is 10.2 Å². The van der Waals surface area contributed by atoms with Crippen molar-refractivity contribution in [1.82, 2.24) is 10.2 Å². The molecule has 1 heterocycles. The van der Waals surface area contributed by atoms with Gasteiger partial charge in [0.05, 0.1) is 13.0 Å². The lowest BCUT2D eigenvalue weighted by Crippen LogP contribution is -2.49. The van der Waals surface area contributed by atoms with E-state index >= 15 is 0 Å². The van der Waals surface area contributed by atoms with Crippen molar-refractivity contribution in [3.05, 3.63) is 29.8 Å². The Morgan fingerprint density at radius 1 is 1.33 bits per heavy atom. The molecular formula is C18H24N2O4. The van der Waals surface area contributed by atoms with Crippen LogP contribution in [0.1, 0.15) is 31.2 Å². The molecule has 1 saturated heterocycles. The molecule has 0 radical (unpaired) electrons. The van der Waals surface area contributed by atoms with Crippen LogP contribution in [0.3, 0.4) is 0 Å². The number of carboxylic acids is 1. The first-order valence-corrected chi connectivity index (χ1v) is 8.44. The summed E-state index contributed by atoms with van der Waals surface area (Å²) in [5.74, 6) is -0.428. The monoisotopic (exact) mass is 332 g/mol. The first-order chi connectivity index (χ1) is 11.5. The predicted octanol–water partition coefficient (Wildman–Crippen LogP) is 2.23. The maximum absolute atomic E-state index is 12.3. The lowest BCUT2D eigenvalue weighted by Gasteiger charge is -2.43. The molecule has 1 unspecified atom stereocenters. The number of amides is 2. The SMILES string of the molecule is COc1ccc(C2(CNC(=O)N3CCC(C(=O)O)C3)CCC2)cc1. The van der Waals surface area contributed by atoms with E-state index in [0.717, 1.165) is 25.0 Å². The highest BCUT2D eigenvalue weighted by Gasteiger charge is 2.39. The summed E-state index contributed by atoms with van der Waals surface area (Å²) in [7, 11) is 1.65. The van der Waals surface area contributed by atoms with E-state index in [1.807, 2.05) is 12.1 Å². The highest BCUT2D eigenvalue weighted by molar-refractivity contribution is 5.77. The number of ether oxygens (including phenoxy) is 1. The van der Waals surface area contributed by atoms with Crippen molar-refractivity contribution in [3.8, 4) is 5.75 Å². The lowest BCUT2D eigenvalue weighted by molar-refractivity contribution is -0.141. The highest BCUT2D eigenvalue weighted by Crippen LogP contribution is 2.43. The van der Waals surface area contributed by atoms with E-state index in [9.17, 15) is 9.59 Å². The van der Waals surface area contributed by atoms with Gasteiger partial charge in [0.1, 0.15) is 5.75 Å². The summed E-state index contributed by atoms with van der Waals surface area (Å²) in [4.78, 5) is 25.0. The molecule has 3 rings (SSSR count). The number of hydrogen-bond donors (Lipinski definition) is 2. The number of aliphatic carboxylic acids is 1. The van der Waals surface area contributed by atoms with Crippen LogP contribution in [0.2, 0.25) is 0 Å². The smallest absolute Gasteiger partial charge is 0.317 e. The molecule has 0 aromatic heterocycles. The molecule has 1 aliphatic carbocycles. The van der Waals surface area contributed by atoms with Gasteiger partial charge >= 0.3 is 12.0 Å². The van der Waals surface area contributed by atoms with Crippen molar-refractivity contribution in [3.63, 3.8) is 0 Å². The summed E-state index contributed by atoms with van der Waals surface area (Å²) in [5.41, 5.74) is 1.22. The second-order valence-corrected chi connectivity index (χ2v) is 6.79. The van der Waals surface area contributed by atoms with Crippen LogP contribution in [0.25, 0.3) is 0 Å². The van der Waals surface area contributed by atoms with E-state index < -0.39 is 11.9 Å². The Morgan fingerprint density at radius 2 is 2.04 bits per heavy atom. The van der Waals surface area contributed by atoms with Gasteiger partial charge in [-0.25, -0.2) is 4.79 Å². The van der Waals surface area contributed by atoms with Crippen molar-refractivity contribution < 1.29 is 19.4 Å². The number of nitrogens with zero attached hydrogens (tertiary/aromatic N) is 1. The average molecular weight is 332 g/mol. The fourth-order valence-electron chi connectivity index (χ4n) is 3.62. The third kappa shape index (κ3) is 3.18. The van der Waals surface area contributed by atoms with Gasteiger partial charge in [-0.2, -0.15) is 0 Å². The molecule has 130 valence electrons. The van der Waals surface area contributed by atoms with Gasteiger partial charge in [0, 0.05) is 25.0 Å². The number of methoxy groups -OCH3 is 1. The molecule has 2 fully saturated rings. The molecule has 1 aromatic rings. The van der Waals surface area contributed by atoms with Crippen molar-refractivity contribution >= 4 is 12.0 Å². The highest BCUT2D eigenvalue weighted by atomic mass is 16.5. The summed E-state index contributed by atoms with van der Waals surface area (Å²) >= 11 is 0. The molecule has 6 nitrogen and oxygen atoms in total.